The van der Waals surface area contributed by atoms with Gasteiger partial charge in [-0.15, -0.1) is 0 Å². The number of halogens is 1. The Bertz CT molecular complexity index is 4920. The lowest BCUT2D eigenvalue weighted by molar-refractivity contribution is -0.645. The molecule has 5 aromatic heterocycles. The van der Waals surface area contributed by atoms with Gasteiger partial charge in [0.05, 0.1) is 87.3 Å². The fourth-order valence-electron chi connectivity index (χ4n) is 12.2. The van der Waals surface area contributed by atoms with Gasteiger partial charge >= 0.3 is 29.8 Å². The third kappa shape index (κ3) is 18.3. The minimum atomic E-state index is -4.46. The van der Waals surface area contributed by atoms with Crippen molar-refractivity contribution in [2.75, 3.05) is 74.9 Å². The molecule has 0 spiro atoms. The summed E-state index contributed by atoms with van der Waals surface area (Å²) in [6.45, 7) is -0.00156. The van der Waals surface area contributed by atoms with Crippen molar-refractivity contribution in [3.63, 3.8) is 0 Å². The number of pyridine rings is 4. The fraction of sp³-hybridized carbons (Fsp3) is 0.236. The van der Waals surface area contributed by atoms with Gasteiger partial charge in [0, 0.05) is 76.5 Å². The van der Waals surface area contributed by atoms with Gasteiger partial charge in [0.1, 0.15) is 0 Å². The number of carbonyl (C=O) groups is 6. The van der Waals surface area contributed by atoms with Gasteiger partial charge in [0.25, 0.3) is 15.9 Å². The highest BCUT2D eigenvalue weighted by Gasteiger charge is 2.35. The Morgan fingerprint density at radius 2 is 1.02 bits per heavy atom. The van der Waals surface area contributed by atoms with Crippen molar-refractivity contribution in [3.8, 4) is 45.0 Å². The Labute approximate surface area is 595 Å². The normalized spacial score (nSPS) is 12.8. The van der Waals surface area contributed by atoms with Crippen molar-refractivity contribution in [1.82, 2.24) is 48.3 Å². The molecule has 28 nitrogen and oxygen atoms in total. The van der Waals surface area contributed by atoms with Gasteiger partial charge < -0.3 is 35.7 Å². The number of anilines is 3. The van der Waals surface area contributed by atoms with Crippen molar-refractivity contribution >= 4 is 107 Å². The van der Waals surface area contributed by atoms with E-state index in [0.29, 0.717) is 67.2 Å². The van der Waals surface area contributed by atoms with Crippen LogP contribution in [0, 0.1) is 6.92 Å². The molecule has 10 aromatic rings. The number of amides is 1. The zero-order chi connectivity index (χ0) is 73.1. The van der Waals surface area contributed by atoms with Crippen LogP contribution in [0.3, 0.4) is 0 Å². The predicted molar refractivity (Wildman–Crippen MR) is 381 cm³/mol. The van der Waals surface area contributed by atoms with Gasteiger partial charge in [0.2, 0.25) is 38.2 Å². The second kappa shape index (κ2) is 32.1. The summed E-state index contributed by atoms with van der Waals surface area (Å²) in [5.74, 6) is -6.64. The van der Waals surface area contributed by atoms with E-state index in [1.807, 2.05) is 70.1 Å². The number of benzene rings is 5. The maximum absolute atomic E-state index is 14.9. The van der Waals surface area contributed by atoms with Crippen LogP contribution < -0.4 is 14.8 Å². The Morgan fingerprint density at radius 3 is 1.52 bits per heavy atom. The van der Waals surface area contributed by atoms with E-state index in [1.165, 1.54) is 26.2 Å². The van der Waals surface area contributed by atoms with Crippen molar-refractivity contribution in [2.24, 2.45) is 0 Å². The Morgan fingerprint density at radius 1 is 0.524 bits per heavy atom. The third-order valence-corrected chi connectivity index (χ3v) is 20.8. The number of aromatic nitrogens is 7. The smallest absolute Gasteiger partial charge is 0.317 e. The van der Waals surface area contributed by atoms with Crippen LogP contribution in [0.4, 0.5) is 17.6 Å². The molecule has 31 heteroatoms. The Balaban J connectivity index is 0.756. The summed E-state index contributed by atoms with van der Waals surface area (Å²) in [6.07, 6.45) is -0.317. The van der Waals surface area contributed by atoms with Crippen molar-refractivity contribution in [1.29, 1.82) is 0 Å². The first-order valence-corrected chi connectivity index (χ1v) is 35.8. The predicted octanol–water partition coefficient (Wildman–Crippen LogP) is 8.20. The molecule has 6 N–H and O–H groups in total. The average molecular weight is 1460 g/mol. The van der Waals surface area contributed by atoms with Crippen LogP contribution in [-0.4, -0.2) is 191 Å². The highest BCUT2D eigenvalue weighted by Crippen LogP contribution is 2.34. The SMILES string of the molecule is Cc1ccc(S(=O)(=O)N(CCCC(=O)O)C(=O)c2c3ccccc3[n+](CCCS(=O)(=O)N3CCN(c4nc(Cl)nc(Nc5ccc(-c6ccc(-c7cc(-c8cccc(CN(CC(=O)O)CC(=O)O)n8)nc(-c8cccc(CN(CC(=O)O)CC(=O)O)n8)c7)cc6)cc5)n4)CC3)c3ccccc23)cc1. The Hall–Kier alpha value is -11.3. The van der Waals surface area contributed by atoms with Crippen molar-refractivity contribution in [3.05, 3.63) is 198 Å². The van der Waals surface area contributed by atoms with Gasteiger partial charge in [-0.1, -0.05) is 90.5 Å². The molecule has 6 heterocycles. The lowest BCUT2D eigenvalue weighted by atomic mass is 9.98. The van der Waals surface area contributed by atoms with Crippen LogP contribution in [0.5, 0.6) is 0 Å². The summed E-state index contributed by atoms with van der Waals surface area (Å²) >= 11 is 6.49. The molecule has 0 aliphatic carbocycles. The number of fused-ring (bicyclic) bond motifs is 2. The minimum absolute atomic E-state index is 0.0906. The number of piperazine rings is 1. The molecule has 0 unspecified atom stereocenters. The average Bonchev–Trinajstić information content (AvgIpc) is 0.737. The molecule has 103 heavy (non-hydrogen) atoms. The number of carbonyl (C=O) groups excluding carboxylic acids is 1. The summed E-state index contributed by atoms with van der Waals surface area (Å²) in [5.41, 5.74) is 8.13. The van der Waals surface area contributed by atoms with Crippen LogP contribution in [0.2, 0.25) is 5.28 Å². The van der Waals surface area contributed by atoms with Gasteiger partial charge in [-0.3, -0.25) is 38.6 Å². The van der Waals surface area contributed by atoms with Gasteiger partial charge in [0.15, 0.2) is 6.54 Å². The quantitative estimate of drug-likeness (QED) is 0.0176. The van der Waals surface area contributed by atoms with Gasteiger partial charge in [-0.25, -0.2) is 36.1 Å². The van der Waals surface area contributed by atoms with Gasteiger partial charge in [-0.2, -0.15) is 23.8 Å². The maximum Gasteiger partial charge on any atom is 0.317 e. The number of aryl methyl sites for hydroxylation is 2. The van der Waals surface area contributed by atoms with Crippen molar-refractivity contribution in [2.45, 2.75) is 50.7 Å². The summed E-state index contributed by atoms with van der Waals surface area (Å²) < 4.78 is 60.8. The zero-order valence-electron chi connectivity index (χ0n) is 55.4. The van der Waals surface area contributed by atoms with E-state index in [0.717, 1.165) is 26.6 Å². The molecule has 1 aliphatic heterocycles. The largest absolute Gasteiger partial charge is 0.481 e. The number of carboxylic acids is 5. The molecular weight excluding hydrogens is 1390 g/mol. The molecule has 1 fully saturated rings. The molecule has 0 saturated carbocycles. The molecular formula is C72H69ClN13O15S2+. The molecule has 1 amide bonds. The second-order valence-electron chi connectivity index (χ2n) is 24.3. The summed E-state index contributed by atoms with van der Waals surface area (Å²) in [4.78, 5) is 105. The first-order valence-electron chi connectivity index (χ1n) is 32.4. The van der Waals surface area contributed by atoms with E-state index in [1.54, 1.807) is 104 Å². The number of carboxylic acid groups (broad SMARTS) is 5. The van der Waals surface area contributed by atoms with E-state index in [4.69, 9.17) is 26.6 Å². The topological polar surface area (TPSA) is 381 Å². The molecule has 0 atom stereocenters. The fourth-order valence-corrected chi connectivity index (χ4v) is 15.2. The summed E-state index contributed by atoms with van der Waals surface area (Å²) in [5, 5.41) is 51.4. The number of hydrogen-bond donors (Lipinski definition) is 6. The first kappa shape index (κ1) is 73.0. The highest BCUT2D eigenvalue weighted by atomic mass is 35.5. The number of nitrogens with one attached hydrogen (secondary N) is 1. The summed E-state index contributed by atoms with van der Waals surface area (Å²) in [6, 6.07) is 49.0. The Kier molecular flexibility index (Phi) is 22.8. The zero-order valence-corrected chi connectivity index (χ0v) is 57.7. The second-order valence-corrected chi connectivity index (χ2v) is 28.6. The number of para-hydroxylation sites is 2. The first-order chi connectivity index (χ1) is 49.3. The van der Waals surface area contributed by atoms with Crippen LogP contribution in [0.15, 0.2) is 175 Å². The number of hydrogen-bond acceptors (Lipinski definition) is 20. The lowest BCUT2D eigenvalue weighted by Gasteiger charge is -2.34. The number of nitrogens with zero attached hydrogens (tertiary/aromatic N) is 12. The molecule has 5 aromatic carbocycles. The lowest BCUT2D eigenvalue weighted by Crippen LogP contribution is -2.50. The van der Waals surface area contributed by atoms with E-state index in [9.17, 15) is 71.1 Å². The van der Waals surface area contributed by atoms with Gasteiger partial charge in [-0.05, 0) is 120 Å². The molecule has 11 rings (SSSR count). The van der Waals surface area contributed by atoms with E-state index >= 15 is 0 Å². The molecule has 0 radical (unpaired) electrons. The number of rotatable bonds is 31. The van der Waals surface area contributed by atoms with Crippen LogP contribution >= 0.6 is 11.6 Å². The molecule has 1 saturated heterocycles. The number of aliphatic carboxylic acids is 5. The monoisotopic (exact) mass is 1450 g/mol. The van der Waals surface area contributed by atoms with Crippen LogP contribution in [0.1, 0.15) is 46.6 Å². The van der Waals surface area contributed by atoms with E-state index < -0.39 is 82.0 Å². The maximum atomic E-state index is 14.9. The molecule has 0 bridgehead atoms. The van der Waals surface area contributed by atoms with Crippen LogP contribution in [0.25, 0.3) is 66.8 Å². The third-order valence-electron chi connectivity index (χ3n) is 16.9. The van der Waals surface area contributed by atoms with Crippen molar-refractivity contribution < 1.29 is 75.7 Å². The molecule has 530 valence electrons. The standard InChI is InChI=1S/C72H68ClN13O15S2/c1-46-19-29-54(30-20-46)103(100,101)86(32-8-18-63(87)88)69(97)68-55-12-2-4-16-61(55)85(62-17-5-3-13-56(62)68)31-9-37-102(98,99)84-35-33-83(34-36-84)72-79-70(73)78-71(80-72)76-51-27-25-48(26-28-51)47-21-23-49(24-22-47)50-38-59(57-14-6-10-52(74-57)40-81(42-64(89)90)43-65(91)92)77-60(39-50)58-15-7-11-53(75-58)41-82(44-66(93)94)45-67(95)96/h2-7,10-17,19-30,38-39H,8-9,18,31-37,40-45H2,1H3,(H5-,76,77,78,79,80,87,88,89,90,91,92,93,94,95,96)/p+1. The minimum Gasteiger partial charge on any atom is -0.481 e. The van der Waals surface area contributed by atoms with E-state index in [-0.39, 0.29) is 105 Å². The summed E-state index contributed by atoms with van der Waals surface area (Å²) in [7, 11) is -8.28. The van der Waals surface area contributed by atoms with Crippen LogP contribution in [-0.2, 0) is 63.7 Å². The molecule has 1 aliphatic rings. The number of sulfonamides is 2. The van der Waals surface area contributed by atoms with E-state index in [2.05, 4.69) is 20.3 Å². The highest BCUT2D eigenvalue weighted by molar-refractivity contribution is 7.89.